The summed E-state index contributed by atoms with van der Waals surface area (Å²) in [6.45, 7) is 6.12. The lowest BCUT2D eigenvalue weighted by Gasteiger charge is -2.20. The van der Waals surface area contributed by atoms with Gasteiger partial charge in [0.1, 0.15) is 11.9 Å². The highest BCUT2D eigenvalue weighted by molar-refractivity contribution is 5.03. The number of nitrogens with one attached hydrogen (secondary N) is 1. The first kappa shape index (κ1) is 11.7. The lowest BCUT2D eigenvalue weighted by molar-refractivity contribution is 0.143. The predicted molar refractivity (Wildman–Crippen MR) is 63.0 cm³/mol. The summed E-state index contributed by atoms with van der Waals surface area (Å²) in [5.41, 5.74) is 0.489. The van der Waals surface area contributed by atoms with Crippen LogP contribution in [0.25, 0.3) is 0 Å². The van der Waals surface area contributed by atoms with Crippen molar-refractivity contribution in [2.24, 2.45) is 11.3 Å². The highest BCUT2D eigenvalue weighted by Crippen LogP contribution is 2.51. The fraction of sp³-hybridized carbons (Fsp3) is 0.692. The maximum atomic E-state index is 9.81. The van der Waals surface area contributed by atoms with Crippen LogP contribution < -0.4 is 5.32 Å². The lowest BCUT2D eigenvalue weighted by atomic mass is 9.92. The molecule has 16 heavy (non-hydrogen) atoms. The average Bonchev–Trinajstić information content (AvgIpc) is 2.85. The minimum Gasteiger partial charge on any atom is -0.467 e. The van der Waals surface area contributed by atoms with Crippen LogP contribution in [-0.2, 0) is 0 Å². The van der Waals surface area contributed by atoms with E-state index in [1.54, 1.807) is 12.3 Å². The number of hydrogen-bond donors (Lipinski definition) is 2. The van der Waals surface area contributed by atoms with E-state index in [1.807, 2.05) is 6.07 Å². The van der Waals surface area contributed by atoms with E-state index in [1.165, 1.54) is 12.8 Å². The van der Waals surface area contributed by atoms with Crippen molar-refractivity contribution < 1.29 is 9.52 Å². The molecule has 1 saturated carbocycles. The van der Waals surface area contributed by atoms with Crippen LogP contribution in [0.4, 0.5) is 0 Å². The Balaban J connectivity index is 1.73. The zero-order chi connectivity index (χ0) is 11.6. The molecule has 1 aromatic rings. The second-order valence-corrected chi connectivity index (χ2v) is 5.18. The molecule has 0 radical (unpaired) electrons. The van der Waals surface area contributed by atoms with Crippen molar-refractivity contribution in [2.45, 2.75) is 32.8 Å². The van der Waals surface area contributed by atoms with Gasteiger partial charge in [0, 0.05) is 13.1 Å². The molecular weight excluding hydrogens is 202 g/mol. The van der Waals surface area contributed by atoms with Crippen molar-refractivity contribution in [3.63, 3.8) is 0 Å². The smallest absolute Gasteiger partial charge is 0.133 e. The molecule has 0 bridgehead atoms. The minimum absolute atomic E-state index is 0.489. The number of rotatable bonds is 6. The standard InChI is InChI=1S/C13H21NO2/c1-10(2)13(5-6-13)9-14-8-11(15)12-4-3-7-16-12/h3-4,7,10-11,14-15H,5-6,8-9H2,1-2H3. The second-order valence-electron chi connectivity index (χ2n) is 5.18. The third-order valence-corrected chi connectivity index (χ3v) is 3.80. The highest BCUT2D eigenvalue weighted by Gasteiger charge is 2.44. The highest BCUT2D eigenvalue weighted by atomic mass is 16.4. The van der Waals surface area contributed by atoms with E-state index >= 15 is 0 Å². The summed E-state index contributed by atoms with van der Waals surface area (Å²) < 4.78 is 5.15. The van der Waals surface area contributed by atoms with Crippen LogP contribution in [0.2, 0.25) is 0 Å². The van der Waals surface area contributed by atoms with Crippen molar-refractivity contribution in [1.82, 2.24) is 5.32 Å². The molecule has 1 heterocycles. The second kappa shape index (κ2) is 4.60. The molecule has 0 aliphatic heterocycles. The van der Waals surface area contributed by atoms with Gasteiger partial charge in [-0.15, -0.1) is 0 Å². The minimum atomic E-state index is -0.530. The van der Waals surface area contributed by atoms with E-state index in [4.69, 9.17) is 4.42 Å². The maximum absolute atomic E-state index is 9.81. The summed E-state index contributed by atoms with van der Waals surface area (Å²) in [7, 11) is 0. The molecule has 1 unspecified atom stereocenters. The van der Waals surface area contributed by atoms with E-state index in [2.05, 4.69) is 19.2 Å². The Hall–Kier alpha value is -0.800. The van der Waals surface area contributed by atoms with E-state index in [-0.39, 0.29) is 0 Å². The van der Waals surface area contributed by atoms with Crippen molar-refractivity contribution in [1.29, 1.82) is 0 Å². The van der Waals surface area contributed by atoms with Crippen LogP contribution in [0.1, 0.15) is 38.6 Å². The third kappa shape index (κ3) is 2.47. The molecule has 3 heteroatoms. The van der Waals surface area contributed by atoms with E-state index in [9.17, 15) is 5.11 Å². The summed E-state index contributed by atoms with van der Waals surface area (Å²) in [6.07, 6.45) is 3.69. The van der Waals surface area contributed by atoms with Crippen LogP contribution in [0.5, 0.6) is 0 Å². The van der Waals surface area contributed by atoms with Gasteiger partial charge in [0.05, 0.1) is 6.26 Å². The molecule has 1 aliphatic carbocycles. The number of aliphatic hydroxyl groups is 1. The summed E-state index contributed by atoms with van der Waals surface area (Å²) in [5.74, 6) is 1.36. The van der Waals surface area contributed by atoms with Gasteiger partial charge in [0.15, 0.2) is 0 Å². The van der Waals surface area contributed by atoms with Gasteiger partial charge in [-0.2, -0.15) is 0 Å². The van der Waals surface area contributed by atoms with Gasteiger partial charge in [-0.25, -0.2) is 0 Å². The number of aliphatic hydroxyl groups excluding tert-OH is 1. The summed E-state index contributed by atoms with van der Waals surface area (Å²) in [4.78, 5) is 0. The monoisotopic (exact) mass is 223 g/mol. The molecule has 1 atom stereocenters. The van der Waals surface area contributed by atoms with Gasteiger partial charge in [-0.3, -0.25) is 0 Å². The summed E-state index contributed by atoms with van der Waals surface area (Å²) >= 11 is 0. The van der Waals surface area contributed by atoms with Crippen LogP contribution in [0.15, 0.2) is 22.8 Å². The Labute approximate surface area is 96.8 Å². The molecule has 0 spiro atoms. The zero-order valence-electron chi connectivity index (χ0n) is 10.1. The third-order valence-electron chi connectivity index (χ3n) is 3.80. The van der Waals surface area contributed by atoms with Crippen LogP contribution in [0.3, 0.4) is 0 Å². The molecule has 3 nitrogen and oxygen atoms in total. The van der Waals surface area contributed by atoms with Crippen molar-refractivity contribution in [3.8, 4) is 0 Å². The van der Waals surface area contributed by atoms with Gasteiger partial charge < -0.3 is 14.8 Å². The van der Waals surface area contributed by atoms with Crippen LogP contribution >= 0.6 is 0 Å². The first-order valence-electron chi connectivity index (χ1n) is 6.06. The quantitative estimate of drug-likeness (QED) is 0.778. The largest absolute Gasteiger partial charge is 0.467 e. The maximum Gasteiger partial charge on any atom is 0.133 e. The van der Waals surface area contributed by atoms with Crippen molar-refractivity contribution >= 4 is 0 Å². The molecule has 1 aromatic heterocycles. The molecule has 0 aromatic carbocycles. The molecule has 1 aliphatic rings. The van der Waals surface area contributed by atoms with E-state index in [0.717, 1.165) is 12.5 Å². The Morgan fingerprint density at radius 2 is 2.25 bits per heavy atom. The van der Waals surface area contributed by atoms with Crippen LogP contribution in [0, 0.1) is 11.3 Å². The van der Waals surface area contributed by atoms with Gasteiger partial charge >= 0.3 is 0 Å². The fourth-order valence-electron chi connectivity index (χ4n) is 2.16. The summed E-state index contributed by atoms with van der Waals surface area (Å²) in [6, 6.07) is 3.61. The van der Waals surface area contributed by atoms with Gasteiger partial charge in [-0.05, 0) is 36.3 Å². The van der Waals surface area contributed by atoms with Gasteiger partial charge in [0.25, 0.3) is 0 Å². The van der Waals surface area contributed by atoms with E-state index in [0.29, 0.717) is 17.7 Å². The predicted octanol–water partition coefficient (Wildman–Crippen LogP) is 2.34. The SMILES string of the molecule is CC(C)C1(CNCC(O)c2ccco2)CC1. The average molecular weight is 223 g/mol. The molecule has 0 amide bonds. The molecular formula is C13H21NO2. The van der Waals surface area contributed by atoms with Crippen molar-refractivity contribution in [2.75, 3.05) is 13.1 Å². The normalized spacial score (nSPS) is 20.0. The Bertz CT molecular complexity index is 315. The molecule has 2 rings (SSSR count). The Morgan fingerprint density at radius 3 is 2.75 bits per heavy atom. The topological polar surface area (TPSA) is 45.4 Å². The lowest BCUT2D eigenvalue weighted by Crippen LogP contribution is -2.30. The Kier molecular flexibility index (Phi) is 3.36. The number of hydrogen-bond acceptors (Lipinski definition) is 3. The molecule has 90 valence electrons. The fourth-order valence-corrected chi connectivity index (χ4v) is 2.16. The number of furan rings is 1. The molecule has 2 N–H and O–H groups in total. The first-order chi connectivity index (χ1) is 7.64. The van der Waals surface area contributed by atoms with Gasteiger partial charge in [0.2, 0.25) is 0 Å². The zero-order valence-corrected chi connectivity index (χ0v) is 10.1. The van der Waals surface area contributed by atoms with Crippen LogP contribution in [-0.4, -0.2) is 18.2 Å². The van der Waals surface area contributed by atoms with E-state index < -0.39 is 6.10 Å². The molecule has 0 saturated heterocycles. The molecule has 1 fully saturated rings. The first-order valence-corrected chi connectivity index (χ1v) is 6.06. The summed E-state index contributed by atoms with van der Waals surface area (Å²) in [5, 5.41) is 13.2. The van der Waals surface area contributed by atoms with Gasteiger partial charge in [-0.1, -0.05) is 13.8 Å². The Morgan fingerprint density at radius 1 is 1.50 bits per heavy atom. The van der Waals surface area contributed by atoms with Crippen molar-refractivity contribution in [3.05, 3.63) is 24.2 Å².